The summed E-state index contributed by atoms with van der Waals surface area (Å²) in [6.45, 7) is 1.50. The van der Waals surface area contributed by atoms with Crippen LogP contribution in [0.2, 0.25) is 0 Å². The summed E-state index contributed by atoms with van der Waals surface area (Å²) in [6.07, 6.45) is 0. The van der Waals surface area contributed by atoms with Crippen molar-refractivity contribution in [2.24, 2.45) is 0 Å². The van der Waals surface area contributed by atoms with Crippen molar-refractivity contribution in [2.75, 3.05) is 17.1 Å². The topological polar surface area (TPSA) is 84.5 Å². The lowest BCUT2D eigenvalue weighted by atomic mass is 10.1. The van der Waals surface area contributed by atoms with E-state index >= 15 is 0 Å². The zero-order valence-corrected chi connectivity index (χ0v) is 19.4. The second-order valence-corrected chi connectivity index (χ2v) is 9.89. The fourth-order valence-electron chi connectivity index (χ4n) is 2.56. The van der Waals surface area contributed by atoms with Crippen molar-refractivity contribution in [3.8, 4) is 0 Å². The molecule has 0 aliphatic carbocycles. The molecule has 158 valence electrons. The normalized spacial score (nSPS) is 11.2. The highest BCUT2D eigenvalue weighted by Gasteiger charge is 2.26. The van der Waals surface area contributed by atoms with Crippen molar-refractivity contribution in [1.29, 1.82) is 0 Å². The third-order valence-electron chi connectivity index (χ3n) is 4.06. The molecule has 1 heterocycles. The van der Waals surface area contributed by atoms with E-state index in [4.69, 9.17) is 0 Å². The van der Waals surface area contributed by atoms with E-state index in [1.54, 1.807) is 6.07 Å². The fraction of sp³-hybridized carbons (Fsp3) is 0.105. The molecule has 3 rings (SSSR count). The third-order valence-corrected chi connectivity index (χ3v) is 7.16. The number of ether oxygens (including phenoxy) is 1. The first kappa shape index (κ1) is 22.4. The minimum absolute atomic E-state index is 0.0221. The number of carbonyl (C=O) groups excluding carboxylic acids is 1. The largest absolute Gasteiger partial charge is 0.465 e. The minimum Gasteiger partial charge on any atom is -0.465 e. The Balaban J connectivity index is 2.04. The molecule has 0 amide bonds. The lowest BCUT2D eigenvalue weighted by Gasteiger charge is -2.17. The predicted octanol–water partition coefficient (Wildman–Crippen LogP) is 5.27. The van der Waals surface area contributed by atoms with E-state index in [0.29, 0.717) is 3.57 Å². The first-order valence-electron chi connectivity index (χ1n) is 8.34. The zero-order chi connectivity index (χ0) is 22.1. The molecule has 6 nitrogen and oxygen atoms in total. The molecule has 2 aromatic carbocycles. The van der Waals surface area contributed by atoms with E-state index in [2.05, 4.69) is 14.8 Å². The SMILES string of the molecule is COC(=O)c1sccc1S(=O)(=O)Nc1ccc(C)c(F)c1Nc1ccc(I)cc1F. The van der Waals surface area contributed by atoms with Gasteiger partial charge in [0.25, 0.3) is 10.0 Å². The average molecular weight is 564 g/mol. The number of hydrogen-bond donors (Lipinski definition) is 2. The van der Waals surface area contributed by atoms with Crippen molar-refractivity contribution in [2.45, 2.75) is 11.8 Å². The number of benzene rings is 2. The van der Waals surface area contributed by atoms with Crippen LogP contribution in [0.25, 0.3) is 0 Å². The van der Waals surface area contributed by atoms with Crippen molar-refractivity contribution < 1.29 is 26.7 Å². The molecular weight excluding hydrogens is 549 g/mol. The number of esters is 1. The maximum absolute atomic E-state index is 14.8. The number of rotatable bonds is 6. The van der Waals surface area contributed by atoms with Crippen LogP contribution >= 0.6 is 33.9 Å². The molecule has 0 bridgehead atoms. The van der Waals surface area contributed by atoms with Gasteiger partial charge in [0, 0.05) is 3.57 Å². The summed E-state index contributed by atoms with van der Waals surface area (Å²) in [5.41, 5.74) is -0.171. The van der Waals surface area contributed by atoms with E-state index in [1.165, 1.54) is 42.6 Å². The van der Waals surface area contributed by atoms with Gasteiger partial charge < -0.3 is 10.1 Å². The molecule has 30 heavy (non-hydrogen) atoms. The Kier molecular flexibility index (Phi) is 6.62. The number of thiophene rings is 1. The predicted molar refractivity (Wildman–Crippen MR) is 120 cm³/mol. The molecule has 3 aromatic rings. The van der Waals surface area contributed by atoms with E-state index in [1.807, 2.05) is 22.6 Å². The number of carbonyl (C=O) groups is 1. The summed E-state index contributed by atoms with van der Waals surface area (Å²) in [5.74, 6) is -2.17. The van der Waals surface area contributed by atoms with Gasteiger partial charge in [0.2, 0.25) is 0 Å². The molecule has 0 aliphatic rings. The van der Waals surface area contributed by atoms with Crippen molar-refractivity contribution in [3.05, 3.63) is 67.4 Å². The average Bonchev–Trinajstić information content (AvgIpc) is 3.19. The lowest BCUT2D eigenvalue weighted by Crippen LogP contribution is -2.17. The van der Waals surface area contributed by atoms with Crippen molar-refractivity contribution in [1.82, 2.24) is 0 Å². The van der Waals surface area contributed by atoms with Gasteiger partial charge in [0.1, 0.15) is 15.6 Å². The van der Waals surface area contributed by atoms with Crippen LogP contribution in [0.1, 0.15) is 15.2 Å². The molecule has 0 atom stereocenters. The van der Waals surface area contributed by atoms with E-state index < -0.39 is 27.6 Å². The summed E-state index contributed by atoms with van der Waals surface area (Å²) >= 11 is 2.84. The van der Waals surface area contributed by atoms with Crippen LogP contribution in [-0.2, 0) is 14.8 Å². The Bertz CT molecular complexity index is 1230. The Hall–Kier alpha value is -2.25. The molecule has 0 fully saturated rings. The van der Waals surface area contributed by atoms with Gasteiger partial charge in [-0.15, -0.1) is 11.3 Å². The van der Waals surface area contributed by atoms with Crippen LogP contribution in [0, 0.1) is 22.1 Å². The van der Waals surface area contributed by atoms with Gasteiger partial charge >= 0.3 is 5.97 Å². The van der Waals surface area contributed by atoms with Gasteiger partial charge in [-0.1, -0.05) is 6.07 Å². The Morgan fingerprint density at radius 3 is 2.50 bits per heavy atom. The monoisotopic (exact) mass is 564 g/mol. The highest BCUT2D eigenvalue weighted by Crippen LogP contribution is 2.34. The van der Waals surface area contributed by atoms with Gasteiger partial charge in [0.15, 0.2) is 5.82 Å². The minimum atomic E-state index is -4.26. The Labute approximate surface area is 189 Å². The van der Waals surface area contributed by atoms with Gasteiger partial charge in [-0.25, -0.2) is 22.0 Å². The fourth-order valence-corrected chi connectivity index (χ4v) is 5.42. The summed E-state index contributed by atoms with van der Waals surface area (Å²) in [5, 5.41) is 4.05. The summed E-state index contributed by atoms with van der Waals surface area (Å²) in [7, 11) is -3.12. The first-order valence-corrected chi connectivity index (χ1v) is 11.8. The number of hydrogen-bond acceptors (Lipinski definition) is 6. The van der Waals surface area contributed by atoms with Crippen LogP contribution in [-0.4, -0.2) is 21.5 Å². The molecule has 1 aromatic heterocycles. The maximum Gasteiger partial charge on any atom is 0.349 e. The molecular formula is C19H15F2IN2O4S2. The van der Waals surface area contributed by atoms with Crippen molar-refractivity contribution >= 4 is 67.0 Å². The van der Waals surface area contributed by atoms with E-state index in [9.17, 15) is 22.0 Å². The molecule has 0 saturated carbocycles. The Morgan fingerprint density at radius 1 is 1.13 bits per heavy atom. The Morgan fingerprint density at radius 2 is 1.83 bits per heavy atom. The zero-order valence-electron chi connectivity index (χ0n) is 15.6. The van der Waals surface area contributed by atoms with Crippen LogP contribution in [0.15, 0.2) is 46.7 Å². The number of nitrogens with one attached hydrogen (secondary N) is 2. The smallest absolute Gasteiger partial charge is 0.349 e. The standard InChI is InChI=1S/C19H15F2IN2O4S2/c1-10-3-5-14(17(16(10)21)23-13-6-4-11(22)9-12(13)20)24-30(26,27)15-7-8-29-18(15)19(25)28-2/h3-9,23-24H,1-2H3. The molecule has 0 radical (unpaired) electrons. The second kappa shape index (κ2) is 8.86. The van der Waals surface area contributed by atoms with E-state index in [-0.39, 0.29) is 32.4 Å². The second-order valence-electron chi connectivity index (χ2n) is 6.08. The number of aryl methyl sites for hydroxylation is 1. The lowest BCUT2D eigenvalue weighted by molar-refractivity contribution is 0.0602. The highest BCUT2D eigenvalue weighted by molar-refractivity contribution is 14.1. The van der Waals surface area contributed by atoms with Crippen LogP contribution in [0.4, 0.5) is 25.8 Å². The van der Waals surface area contributed by atoms with Gasteiger partial charge in [-0.2, -0.15) is 0 Å². The quantitative estimate of drug-likeness (QED) is 0.315. The first-order chi connectivity index (χ1) is 14.1. The number of halogens is 3. The van der Waals surface area contributed by atoms with Gasteiger partial charge in [0.05, 0.1) is 24.2 Å². The molecule has 11 heteroatoms. The van der Waals surface area contributed by atoms with Crippen LogP contribution in [0.5, 0.6) is 0 Å². The molecule has 2 N–H and O–H groups in total. The maximum atomic E-state index is 14.8. The molecule has 0 aliphatic heterocycles. The van der Waals surface area contributed by atoms with Crippen LogP contribution in [0.3, 0.4) is 0 Å². The summed E-state index contributed by atoms with van der Waals surface area (Å²) in [6, 6.07) is 8.29. The summed E-state index contributed by atoms with van der Waals surface area (Å²) in [4.78, 5) is 11.4. The van der Waals surface area contributed by atoms with Gasteiger partial charge in [-0.3, -0.25) is 4.72 Å². The third kappa shape index (κ3) is 4.57. The van der Waals surface area contributed by atoms with E-state index in [0.717, 1.165) is 18.4 Å². The molecule has 0 unspecified atom stereocenters. The van der Waals surface area contributed by atoms with Crippen molar-refractivity contribution in [3.63, 3.8) is 0 Å². The molecule has 0 spiro atoms. The highest BCUT2D eigenvalue weighted by atomic mass is 127. The number of methoxy groups -OCH3 is 1. The number of anilines is 3. The number of sulfonamides is 1. The molecule has 0 saturated heterocycles. The van der Waals surface area contributed by atoms with Gasteiger partial charge in [-0.05, 0) is 70.8 Å². The summed E-state index contributed by atoms with van der Waals surface area (Å²) < 4.78 is 62.4. The van der Waals surface area contributed by atoms with Crippen LogP contribution < -0.4 is 10.0 Å².